The third-order valence-electron chi connectivity index (χ3n) is 3.68. The van der Waals surface area contributed by atoms with E-state index in [4.69, 9.17) is 0 Å². The summed E-state index contributed by atoms with van der Waals surface area (Å²) in [7, 11) is 4.27. The zero-order valence-corrected chi connectivity index (χ0v) is 12.4. The highest BCUT2D eigenvalue weighted by atomic mass is 15.2. The molecule has 0 aliphatic rings. The molecule has 0 aliphatic carbocycles. The summed E-state index contributed by atoms with van der Waals surface area (Å²) in [4.78, 5) is 2.27. The third-order valence-corrected chi connectivity index (χ3v) is 3.68. The van der Waals surface area contributed by atoms with Crippen molar-refractivity contribution >= 4 is 0 Å². The van der Waals surface area contributed by atoms with Gasteiger partial charge in [0.15, 0.2) is 0 Å². The molecule has 0 saturated carbocycles. The lowest BCUT2D eigenvalue weighted by Gasteiger charge is -2.32. The van der Waals surface area contributed by atoms with Gasteiger partial charge in [0.1, 0.15) is 0 Å². The highest BCUT2D eigenvalue weighted by Crippen LogP contribution is 2.08. The van der Waals surface area contributed by atoms with E-state index >= 15 is 0 Å². The fourth-order valence-corrected chi connectivity index (χ4v) is 1.78. The zero-order valence-electron chi connectivity index (χ0n) is 12.4. The van der Waals surface area contributed by atoms with Crippen LogP contribution in [0.1, 0.15) is 32.3 Å². The Bertz CT molecular complexity index is 317. The predicted octanol–water partition coefficient (Wildman–Crippen LogP) is 2.94. The molecule has 102 valence electrons. The minimum Gasteiger partial charge on any atom is -0.315 e. The highest BCUT2D eigenvalue weighted by molar-refractivity contribution is 5.14. The Morgan fingerprint density at radius 1 is 1.06 bits per heavy atom. The van der Waals surface area contributed by atoms with Gasteiger partial charge in [0.25, 0.3) is 0 Å². The second-order valence-electron chi connectivity index (χ2n) is 5.83. The number of unbranched alkanes of at least 4 members (excludes halogenated alkanes) is 1. The van der Waals surface area contributed by atoms with E-state index in [9.17, 15) is 0 Å². The molecule has 0 bridgehead atoms. The minimum absolute atomic E-state index is 0.236. The molecule has 0 amide bonds. The van der Waals surface area contributed by atoms with Crippen molar-refractivity contribution in [3.63, 3.8) is 0 Å². The molecular weight excluding hydrogens is 220 g/mol. The predicted molar refractivity (Wildman–Crippen MR) is 80.0 cm³/mol. The van der Waals surface area contributed by atoms with Crippen LogP contribution in [0.3, 0.4) is 0 Å². The monoisotopic (exact) mass is 248 g/mol. The molecule has 0 saturated heterocycles. The van der Waals surface area contributed by atoms with Gasteiger partial charge in [-0.1, -0.05) is 30.3 Å². The lowest BCUT2D eigenvalue weighted by molar-refractivity contribution is 0.190. The highest BCUT2D eigenvalue weighted by Gasteiger charge is 2.18. The maximum Gasteiger partial charge on any atom is 0.0271 e. The first-order valence-corrected chi connectivity index (χ1v) is 6.94. The Morgan fingerprint density at radius 2 is 1.72 bits per heavy atom. The van der Waals surface area contributed by atoms with Crippen LogP contribution in [-0.4, -0.2) is 37.6 Å². The zero-order chi connectivity index (χ0) is 13.4. The topological polar surface area (TPSA) is 15.3 Å². The molecule has 0 atom stereocenters. The van der Waals surface area contributed by atoms with Gasteiger partial charge in [0.05, 0.1) is 0 Å². The van der Waals surface area contributed by atoms with Crippen LogP contribution >= 0.6 is 0 Å². The Morgan fingerprint density at radius 3 is 2.33 bits per heavy atom. The van der Waals surface area contributed by atoms with Crippen molar-refractivity contribution in [3.8, 4) is 0 Å². The number of hydrogen-bond acceptors (Lipinski definition) is 2. The Balaban J connectivity index is 2.06. The molecule has 0 fully saturated rings. The first-order valence-electron chi connectivity index (χ1n) is 6.94. The minimum atomic E-state index is 0.236. The molecule has 0 aliphatic heterocycles. The van der Waals surface area contributed by atoms with Gasteiger partial charge in [-0.25, -0.2) is 0 Å². The van der Waals surface area contributed by atoms with Crippen LogP contribution in [0.25, 0.3) is 0 Å². The smallest absolute Gasteiger partial charge is 0.0271 e. The molecule has 1 aromatic rings. The lowest BCUT2D eigenvalue weighted by Crippen LogP contribution is -2.46. The lowest BCUT2D eigenvalue weighted by atomic mass is 10.0. The average Bonchev–Trinajstić information content (AvgIpc) is 2.34. The van der Waals surface area contributed by atoms with Gasteiger partial charge in [-0.2, -0.15) is 0 Å². The third kappa shape index (κ3) is 5.65. The molecule has 1 rings (SSSR count). The van der Waals surface area contributed by atoms with Crippen LogP contribution in [0.2, 0.25) is 0 Å². The van der Waals surface area contributed by atoms with Crippen LogP contribution in [-0.2, 0) is 6.42 Å². The van der Waals surface area contributed by atoms with E-state index in [1.165, 1.54) is 24.8 Å². The second kappa shape index (κ2) is 7.55. The van der Waals surface area contributed by atoms with Gasteiger partial charge in [-0.3, -0.25) is 0 Å². The maximum absolute atomic E-state index is 3.55. The van der Waals surface area contributed by atoms with Gasteiger partial charge in [0.2, 0.25) is 0 Å². The molecule has 1 aromatic carbocycles. The SMILES string of the molecule is CN(C)C(C)(C)CNCCCCc1ccccc1. The van der Waals surface area contributed by atoms with E-state index in [1.54, 1.807) is 0 Å². The maximum atomic E-state index is 3.55. The molecule has 0 unspecified atom stereocenters. The fourth-order valence-electron chi connectivity index (χ4n) is 1.78. The molecule has 0 heterocycles. The van der Waals surface area contributed by atoms with E-state index < -0.39 is 0 Å². The van der Waals surface area contributed by atoms with E-state index in [-0.39, 0.29) is 5.54 Å². The summed E-state index contributed by atoms with van der Waals surface area (Å²) in [6.07, 6.45) is 3.71. The van der Waals surface area contributed by atoms with Crippen molar-refractivity contribution in [2.75, 3.05) is 27.2 Å². The first-order chi connectivity index (χ1) is 8.52. The van der Waals surface area contributed by atoms with E-state index in [2.05, 4.69) is 68.5 Å². The van der Waals surface area contributed by atoms with E-state index in [0.29, 0.717) is 0 Å². The van der Waals surface area contributed by atoms with Gasteiger partial charge >= 0.3 is 0 Å². The van der Waals surface area contributed by atoms with Crippen LogP contribution in [0.4, 0.5) is 0 Å². The van der Waals surface area contributed by atoms with Crippen molar-refractivity contribution in [2.24, 2.45) is 0 Å². The summed E-state index contributed by atoms with van der Waals surface area (Å²) < 4.78 is 0. The molecule has 2 nitrogen and oxygen atoms in total. The fraction of sp³-hybridized carbons (Fsp3) is 0.625. The summed E-state index contributed by atoms with van der Waals surface area (Å²) in [6, 6.07) is 10.7. The number of nitrogens with one attached hydrogen (secondary N) is 1. The van der Waals surface area contributed by atoms with Crippen LogP contribution in [0.5, 0.6) is 0 Å². The summed E-state index contributed by atoms with van der Waals surface area (Å²) in [5.74, 6) is 0. The summed E-state index contributed by atoms with van der Waals surface area (Å²) in [5.41, 5.74) is 1.69. The van der Waals surface area contributed by atoms with Crippen molar-refractivity contribution in [2.45, 2.75) is 38.6 Å². The van der Waals surface area contributed by atoms with Crippen molar-refractivity contribution in [1.82, 2.24) is 10.2 Å². The van der Waals surface area contributed by atoms with Crippen molar-refractivity contribution < 1.29 is 0 Å². The quantitative estimate of drug-likeness (QED) is 0.712. The number of aryl methyl sites for hydroxylation is 1. The Kier molecular flexibility index (Phi) is 6.37. The number of hydrogen-bond donors (Lipinski definition) is 1. The van der Waals surface area contributed by atoms with Crippen molar-refractivity contribution in [3.05, 3.63) is 35.9 Å². The summed E-state index contributed by atoms with van der Waals surface area (Å²) in [5, 5.41) is 3.55. The van der Waals surface area contributed by atoms with Gasteiger partial charge in [-0.15, -0.1) is 0 Å². The first kappa shape index (κ1) is 15.2. The van der Waals surface area contributed by atoms with Crippen LogP contribution < -0.4 is 5.32 Å². The number of benzene rings is 1. The van der Waals surface area contributed by atoms with Crippen LogP contribution in [0, 0.1) is 0 Å². The number of rotatable bonds is 8. The van der Waals surface area contributed by atoms with Crippen molar-refractivity contribution in [1.29, 1.82) is 0 Å². The molecule has 0 aromatic heterocycles. The second-order valence-corrected chi connectivity index (χ2v) is 5.83. The summed E-state index contributed by atoms with van der Waals surface area (Å²) in [6.45, 7) is 6.70. The molecule has 18 heavy (non-hydrogen) atoms. The Labute approximate surface area is 112 Å². The number of nitrogens with zero attached hydrogens (tertiary/aromatic N) is 1. The molecule has 0 spiro atoms. The van der Waals surface area contributed by atoms with Gasteiger partial charge in [-0.05, 0) is 59.3 Å². The van der Waals surface area contributed by atoms with Crippen LogP contribution in [0.15, 0.2) is 30.3 Å². The Hall–Kier alpha value is -0.860. The van der Waals surface area contributed by atoms with Gasteiger partial charge < -0.3 is 10.2 Å². The molecule has 1 N–H and O–H groups in total. The molecule has 0 radical (unpaired) electrons. The van der Waals surface area contributed by atoms with Gasteiger partial charge in [0, 0.05) is 12.1 Å². The largest absolute Gasteiger partial charge is 0.315 e. The summed E-state index contributed by atoms with van der Waals surface area (Å²) >= 11 is 0. The van der Waals surface area contributed by atoms with E-state index in [1.807, 2.05) is 0 Å². The normalized spacial score (nSPS) is 12.1. The molecular formula is C16H28N2. The van der Waals surface area contributed by atoms with E-state index in [0.717, 1.165) is 13.1 Å². The average molecular weight is 248 g/mol. The number of likely N-dealkylation sites (N-methyl/N-ethyl adjacent to an activating group) is 1. The standard InChI is InChI=1S/C16H28N2/c1-16(2,18(3)4)14-17-13-9-8-12-15-10-6-5-7-11-15/h5-7,10-11,17H,8-9,12-14H2,1-4H3. The molecule has 2 heteroatoms.